The summed E-state index contributed by atoms with van der Waals surface area (Å²) in [6.07, 6.45) is -0.662. The molecular weight excluding hydrogens is 360 g/mol. The Morgan fingerprint density at radius 3 is 1.37 bits per heavy atom. The first-order chi connectivity index (χ1) is 12.8. The number of ether oxygens (including phenoxy) is 6. The maximum atomic E-state index is 10.6. The summed E-state index contributed by atoms with van der Waals surface area (Å²) in [7, 11) is 0. The molecule has 27 heavy (non-hydrogen) atoms. The SMILES string of the molecule is CC(=O)OCC(COC(C)=O)OC(C)=O.CCOCC(COCC)OCC. The largest absolute Gasteiger partial charge is 0.462 e. The molecule has 160 valence electrons. The van der Waals surface area contributed by atoms with Gasteiger partial charge in [-0.3, -0.25) is 14.4 Å². The van der Waals surface area contributed by atoms with Gasteiger partial charge in [-0.1, -0.05) is 0 Å². The molecule has 0 rings (SSSR count). The summed E-state index contributed by atoms with van der Waals surface area (Å²) in [5.74, 6) is -1.51. The van der Waals surface area contributed by atoms with Crippen molar-refractivity contribution in [2.75, 3.05) is 46.2 Å². The van der Waals surface area contributed by atoms with Gasteiger partial charge >= 0.3 is 17.9 Å². The van der Waals surface area contributed by atoms with Crippen LogP contribution in [0.2, 0.25) is 0 Å². The van der Waals surface area contributed by atoms with Crippen LogP contribution in [0.15, 0.2) is 0 Å². The van der Waals surface area contributed by atoms with Crippen LogP contribution in [0.25, 0.3) is 0 Å². The molecule has 0 N–H and O–H groups in total. The Bertz CT molecular complexity index is 372. The minimum absolute atomic E-state index is 0.0925. The molecule has 0 aromatic heterocycles. The molecule has 0 aromatic rings. The second-order valence-corrected chi connectivity index (χ2v) is 5.23. The third-order valence-electron chi connectivity index (χ3n) is 2.70. The van der Waals surface area contributed by atoms with Crippen molar-refractivity contribution >= 4 is 17.9 Å². The van der Waals surface area contributed by atoms with Gasteiger partial charge < -0.3 is 28.4 Å². The van der Waals surface area contributed by atoms with Crippen molar-refractivity contribution in [3.05, 3.63) is 0 Å². The summed E-state index contributed by atoms with van der Waals surface area (Å²) >= 11 is 0. The Balaban J connectivity index is 0. The fourth-order valence-electron chi connectivity index (χ4n) is 1.65. The van der Waals surface area contributed by atoms with Gasteiger partial charge in [0.05, 0.1) is 13.2 Å². The van der Waals surface area contributed by atoms with Crippen molar-refractivity contribution in [3.8, 4) is 0 Å². The molecule has 9 heteroatoms. The van der Waals surface area contributed by atoms with Crippen LogP contribution in [0, 0.1) is 0 Å². The molecule has 0 aliphatic rings. The smallest absolute Gasteiger partial charge is 0.303 e. The second kappa shape index (κ2) is 19.1. The molecule has 0 saturated heterocycles. The van der Waals surface area contributed by atoms with E-state index >= 15 is 0 Å². The summed E-state index contributed by atoms with van der Waals surface area (Å²) in [6.45, 7) is 12.8. The second-order valence-electron chi connectivity index (χ2n) is 5.23. The van der Waals surface area contributed by atoms with Gasteiger partial charge in [-0.25, -0.2) is 0 Å². The first kappa shape index (κ1) is 27.5. The molecule has 0 unspecified atom stereocenters. The van der Waals surface area contributed by atoms with Crippen molar-refractivity contribution in [2.24, 2.45) is 0 Å². The molecule has 9 nitrogen and oxygen atoms in total. The number of carbonyl (C=O) groups is 3. The van der Waals surface area contributed by atoms with E-state index in [1.165, 1.54) is 20.8 Å². The highest BCUT2D eigenvalue weighted by atomic mass is 16.6. The Hall–Kier alpha value is -1.71. The number of carbonyl (C=O) groups excluding carboxylic acids is 3. The van der Waals surface area contributed by atoms with E-state index in [2.05, 4.69) is 9.47 Å². The lowest BCUT2D eigenvalue weighted by atomic mass is 10.4. The Morgan fingerprint density at radius 2 is 1.07 bits per heavy atom. The van der Waals surface area contributed by atoms with Gasteiger partial charge in [-0.2, -0.15) is 0 Å². The highest BCUT2D eigenvalue weighted by molar-refractivity contribution is 5.67. The lowest BCUT2D eigenvalue weighted by Gasteiger charge is -2.16. The van der Waals surface area contributed by atoms with Crippen LogP contribution in [0.1, 0.15) is 41.5 Å². The Kier molecular flexibility index (Phi) is 19.4. The fraction of sp³-hybridized carbons (Fsp3) is 0.833. The predicted octanol–water partition coefficient (Wildman–Crippen LogP) is 1.51. The van der Waals surface area contributed by atoms with Gasteiger partial charge in [0.1, 0.15) is 19.3 Å². The van der Waals surface area contributed by atoms with Crippen molar-refractivity contribution in [1.82, 2.24) is 0 Å². The monoisotopic (exact) mass is 394 g/mol. The summed E-state index contributed by atoms with van der Waals surface area (Å²) in [5, 5.41) is 0. The van der Waals surface area contributed by atoms with E-state index < -0.39 is 24.0 Å². The molecule has 0 amide bonds. The van der Waals surface area contributed by atoms with E-state index in [9.17, 15) is 14.4 Å². The minimum Gasteiger partial charge on any atom is -0.462 e. The van der Waals surface area contributed by atoms with Gasteiger partial charge in [-0.15, -0.1) is 0 Å². The quantitative estimate of drug-likeness (QED) is 0.339. The third kappa shape index (κ3) is 22.2. The highest BCUT2D eigenvalue weighted by Gasteiger charge is 2.15. The van der Waals surface area contributed by atoms with Gasteiger partial charge in [0.15, 0.2) is 6.10 Å². The minimum atomic E-state index is -0.754. The van der Waals surface area contributed by atoms with Gasteiger partial charge in [0.25, 0.3) is 0 Å². The van der Waals surface area contributed by atoms with Gasteiger partial charge in [0.2, 0.25) is 0 Å². The van der Waals surface area contributed by atoms with Crippen LogP contribution in [0.3, 0.4) is 0 Å². The first-order valence-electron chi connectivity index (χ1n) is 8.97. The molecule has 0 fully saturated rings. The third-order valence-corrected chi connectivity index (χ3v) is 2.70. The van der Waals surface area contributed by atoms with Crippen molar-refractivity contribution in [2.45, 2.75) is 53.8 Å². The van der Waals surface area contributed by atoms with E-state index in [0.29, 0.717) is 19.8 Å². The van der Waals surface area contributed by atoms with Crippen molar-refractivity contribution < 1.29 is 42.8 Å². The molecule has 0 heterocycles. The van der Waals surface area contributed by atoms with Crippen molar-refractivity contribution in [1.29, 1.82) is 0 Å². The van der Waals surface area contributed by atoms with Gasteiger partial charge in [-0.05, 0) is 20.8 Å². The predicted molar refractivity (Wildman–Crippen MR) is 97.2 cm³/mol. The number of esters is 3. The zero-order chi connectivity index (χ0) is 21.1. The maximum absolute atomic E-state index is 10.6. The first-order valence-corrected chi connectivity index (χ1v) is 8.97. The van der Waals surface area contributed by atoms with Crippen LogP contribution in [-0.2, 0) is 42.8 Å². The van der Waals surface area contributed by atoms with Crippen LogP contribution in [-0.4, -0.2) is 76.4 Å². The summed E-state index contributed by atoms with van der Waals surface area (Å²) in [5.41, 5.74) is 0. The molecule has 0 atom stereocenters. The maximum Gasteiger partial charge on any atom is 0.303 e. The molecule has 0 aromatic carbocycles. The average molecular weight is 394 g/mol. The molecule has 0 aliphatic carbocycles. The fourth-order valence-corrected chi connectivity index (χ4v) is 1.65. The Morgan fingerprint density at radius 1 is 0.630 bits per heavy atom. The number of rotatable bonds is 13. The summed E-state index contributed by atoms with van der Waals surface area (Å²) < 4.78 is 29.9. The lowest BCUT2D eigenvalue weighted by Crippen LogP contribution is -2.29. The summed E-state index contributed by atoms with van der Waals surface area (Å²) in [6, 6.07) is 0. The number of hydrogen-bond donors (Lipinski definition) is 0. The molecule has 0 spiro atoms. The lowest BCUT2D eigenvalue weighted by molar-refractivity contribution is -0.163. The Labute approximate surface area is 161 Å². The van der Waals surface area contributed by atoms with Gasteiger partial charge in [0, 0.05) is 40.6 Å². The molecule has 0 radical (unpaired) electrons. The van der Waals surface area contributed by atoms with Crippen LogP contribution in [0.5, 0.6) is 0 Å². The van der Waals surface area contributed by atoms with Crippen LogP contribution >= 0.6 is 0 Å². The molecule has 0 aliphatic heterocycles. The van der Waals surface area contributed by atoms with Crippen molar-refractivity contribution in [3.63, 3.8) is 0 Å². The van der Waals surface area contributed by atoms with E-state index in [4.69, 9.17) is 18.9 Å². The van der Waals surface area contributed by atoms with E-state index in [1.54, 1.807) is 0 Å². The van der Waals surface area contributed by atoms with E-state index in [0.717, 1.165) is 13.2 Å². The molecular formula is C18H34O9. The molecule has 0 saturated carbocycles. The summed E-state index contributed by atoms with van der Waals surface area (Å²) in [4.78, 5) is 31.6. The van der Waals surface area contributed by atoms with Crippen LogP contribution < -0.4 is 0 Å². The number of hydrogen-bond acceptors (Lipinski definition) is 9. The normalized spacial score (nSPS) is 10.2. The zero-order valence-corrected chi connectivity index (χ0v) is 17.3. The highest BCUT2D eigenvalue weighted by Crippen LogP contribution is 1.97. The molecule has 0 bridgehead atoms. The van der Waals surface area contributed by atoms with Crippen LogP contribution in [0.4, 0.5) is 0 Å². The average Bonchev–Trinajstić information content (AvgIpc) is 2.59. The zero-order valence-electron chi connectivity index (χ0n) is 17.3. The topological polar surface area (TPSA) is 107 Å². The van der Waals surface area contributed by atoms with E-state index in [-0.39, 0.29) is 19.3 Å². The van der Waals surface area contributed by atoms with E-state index in [1.807, 2.05) is 20.8 Å². The standard InChI is InChI=1S/C9H14O6.C9H20O3/c1-6(10)13-4-9(15-8(3)12)5-14-7(2)11;1-4-10-7-9(12-6-3)8-11-5-2/h9H,4-5H2,1-3H3;9H,4-8H2,1-3H3.